The molecule has 1 heterocycles. The zero-order chi connectivity index (χ0) is 8.32. The molecule has 0 aliphatic rings. The molecule has 0 N–H and O–H groups in total. The van der Waals surface area contributed by atoms with Crippen LogP contribution in [0, 0.1) is 0 Å². The molecular weight excluding hydrogens is 154 g/mol. The van der Waals surface area contributed by atoms with E-state index < -0.39 is 0 Å². The van der Waals surface area contributed by atoms with Crippen LogP contribution < -0.4 is 0 Å². The zero-order valence-electron chi connectivity index (χ0n) is 6.91. The Labute approximate surface area is 73.3 Å². The van der Waals surface area contributed by atoms with E-state index in [1.807, 2.05) is 12.3 Å². The van der Waals surface area contributed by atoms with Gasteiger partial charge in [0.15, 0.2) is 0 Å². The Hall–Kier alpha value is -0.500. The van der Waals surface area contributed by atoms with Gasteiger partial charge >= 0.3 is 0 Å². The van der Waals surface area contributed by atoms with Crippen LogP contribution in [-0.4, -0.2) is 9.73 Å². The number of nitrogens with zero attached hydrogens (tertiary/aromatic N) is 1. The molecule has 0 saturated carbocycles. The summed E-state index contributed by atoms with van der Waals surface area (Å²) >= 11 is 4.44. The van der Waals surface area contributed by atoms with E-state index in [1.54, 1.807) is 6.20 Å². The third-order valence-electron chi connectivity index (χ3n) is 1.36. The highest BCUT2D eigenvalue weighted by atomic mass is 32.1. The lowest BCUT2D eigenvalue weighted by Gasteiger charge is -2.16. The van der Waals surface area contributed by atoms with Gasteiger partial charge in [-0.1, -0.05) is 19.9 Å². The van der Waals surface area contributed by atoms with Crippen LogP contribution in [0.1, 0.15) is 19.4 Å². The van der Waals surface area contributed by atoms with Crippen molar-refractivity contribution >= 4 is 12.6 Å². The second-order valence-corrected chi connectivity index (χ2v) is 4.56. The van der Waals surface area contributed by atoms with Gasteiger partial charge in [0.05, 0.1) is 0 Å². The number of thiol groups is 1. The molecule has 1 aromatic rings. The van der Waals surface area contributed by atoms with Gasteiger partial charge in [-0.05, 0) is 18.1 Å². The highest BCUT2D eigenvalue weighted by Crippen LogP contribution is 2.17. The molecule has 0 aromatic carbocycles. The fraction of sp³-hybridized carbons (Fsp3) is 0.444. The Morgan fingerprint density at radius 1 is 1.55 bits per heavy atom. The molecule has 1 aromatic heterocycles. The normalized spacial score (nSPS) is 11.5. The van der Waals surface area contributed by atoms with Crippen LogP contribution in [0.15, 0.2) is 24.5 Å². The van der Waals surface area contributed by atoms with Gasteiger partial charge in [0.1, 0.15) is 0 Å². The third-order valence-corrected chi connectivity index (χ3v) is 1.52. The standard InChI is InChI=1S/C9H13NS/c1-9(2,11)6-8-4-3-5-10-7-8/h3-5,7,11H,6H2,1-2H3. The molecule has 11 heavy (non-hydrogen) atoms. The van der Waals surface area contributed by atoms with Crippen molar-refractivity contribution in [1.29, 1.82) is 0 Å². The molecule has 0 radical (unpaired) electrons. The number of rotatable bonds is 2. The summed E-state index contributed by atoms with van der Waals surface area (Å²) in [6, 6.07) is 4.03. The monoisotopic (exact) mass is 167 g/mol. The van der Waals surface area contributed by atoms with Gasteiger partial charge < -0.3 is 0 Å². The van der Waals surface area contributed by atoms with E-state index in [2.05, 4.69) is 37.5 Å². The molecule has 0 fully saturated rings. The van der Waals surface area contributed by atoms with Crippen molar-refractivity contribution in [1.82, 2.24) is 4.98 Å². The number of aromatic nitrogens is 1. The van der Waals surface area contributed by atoms with Gasteiger partial charge in [-0.3, -0.25) is 4.98 Å². The van der Waals surface area contributed by atoms with Crippen LogP contribution in [0.3, 0.4) is 0 Å². The van der Waals surface area contributed by atoms with Crippen molar-refractivity contribution in [2.75, 3.05) is 0 Å². The maximum absolute atomic E-state index is 4.44. The fourth-order valence-electron chi connectivity index (χ4n) is 1.00. The van der Waals surface area contributed by atoms with Crippen LogP contribution in [0.4, 0.5) is 0 Å². The quantitative estimate of drug-likeness (QED) is 0.667. The number of hydrogen-bond acceptors (Lipinski definition) is 2. The Balaban J connectivity index is 2.66. The van der Waals surface area contributed by atoms with E-state index >= 15 is 0 Å². The molecule has 1 rings (SSSR count). The Morgan fingerprint density at radius 2 is 2.27 bits per heavy atom. The second-order valence-electron chi connectivity index (χ2n) is 3.35. The predicted molar refractivity (Wildman–Crippen MR) is 51.0 cm³/mol. The minimum Gasteiger partial charge on any atom is -0.264 e. The first-order chi connectivity index (χ1) is 5.08. The summed E-state index contributed by atoms with van der Waals surface area (Å²) in [5, 5.41) is 0. The van der Waals surface area contributed by atoms with E-state index in [4.69, 9.17) is 0 Å². The van der Waals surface area contributed by atoms with Crippen LogP contribution in [-0.2, 0) is 6.42 Å². The molecule has 0 unspecified atom stereocenters. The lowest BCUT2D eigenvalue weighted by Crippen LogP contribution is -2.14. The zero-order valence-corrected chi connectivity index (χ0v) is 7.81. The molecule has 0 aliphatic heterocycles. The highest BCUT2D eigenvalue weighted by molar-refractivity contribution is 7.81. The summed E-state index contributed by atoms with van der Waals surface area (Å²) in [6.07, 6.45) is 4.64. The van der Waals surface area contributed by atoms with Crippen molar-refractivity contribution in [2.45, 2.75) is 25.0 Å². The predicted octanol–water partition coefficient (Wildman–Crippen LogP) is 2.33. The second kappa shape index (κ2) is 3.26. The molecular formula is C9H13NS. The minimum atomic E-state index is 0.0586. The van der Waals surface area contributed by atoms with Gasteiger partial charge in [0.25, 0.3) is 0 Å². The van der Waals surface area contributed by atoms with Crippen molar-refractivity contribution in [3.8, 4) is 0 Å². The van der Waals surface area contributed by atoms with Gasteiger partial charge in [-0.25, -0.2) is 0 Å². The Bertz CT molecular complexity index is 213. The summed E-state index contributed by atoms with van der Waals surface area (Å²) in [7, 11) is 0. The largest absolute Gasteiger partial charge is 0.264 e. The molecule has 0 bridgehead atoms. The molecule has 1 nitrogen and oxygen atoms in total. The van der Waals surface area contributed by atoms with Crippen LogP contribution in [0.5, 0.6) is 0 Å². The summed E-state index contributed by atoms with van der Waals surface area (Å²) in [6.45, 7) is 4.20. The Kier molecular flexibility index (Phi) is 2.55. The average Bonchev–Trinajstić information content (AvgIpc) is 1.85. The van der Waals surface area contributed by atoms with E-state index in [0.717, 1.165) is 6.42 Å². The van der Waals surface area contributed by atoms with Crippen LogP contribution in [0.25, 0.3) is 0 Å². The fourth-order valence-corrected chi connectivity index (χ4v) is 1.18. The third kappa shape index (κ3) is 3.42. The molecule has 0 aliphatic carbocycles. The first-order valence-electron chi connectivity index (χ1n) is 3.69. The van der Waals surface area contributed by atoms with E-state index in [-0.39, 0.29) is 4.75 Å². The molecule has 0 spiro atoms. The van der Waals surface area contributed by atoms with Gasteiger partial charge in [-0.2, -0.15) is 12.6 Å². The lowest BCUT2D eigenvalue weighted by molar-refractivity contribution is 0.712. The lowest BCUT2D eigenvalue weighted by atomic mass is 10.0. The van der Waals surface area contributed by atoms with Gasteiger partial charge in [0, 0.05) is 17.1 Å². The van der Waals surface area contributed by atoms with Crippen LogP contribution in [0.2, 0.25) is 0 Å². The average molecular weight is 167 g/mol. The van der Waals surface area contributed by atoms with E-state index in [0.29, 0.717) is 0 Å². The van der Waals surface area contributed by atoms with Crippen LogP contribution >= 0.6 is 12.6 Å². The highest BCUT2D eigenvalue weighted by Gasteiger charge is 2.11. The molecule has 0 atom stereocenters. The van der Waals surface area contributed by atoms with Gasteiger partial charge in [0.2, 0.25) is 0 Å². The summed E-state index contributed by atoms with van der Waals surface area (Å²) < 4.78 is 0.0586. The maximum Gasteiger partial charge on any atom is 0.0300 e. The smallest absolute Gasteiger partial charge is 0.0300 e. The number of pyridine rings is 1. The number of hydrogen-bond donors (Lipinski definition) is 1. The molecule has 60 valence electrons. The molecule has 0 amide bonds. The topological polar surface area (TPSA) is 12.9 Å². The maximum atomic E-state index is 4.44. The van der Waals surface area contributed by atoms with E-state index in [9.17, 15) is 0 Å². The summed E-state index contributed by atoms with van der Waals surface area (Å²) in [5.74, 6) is 0. The SMILES string of the molecule is CC(C)(S)Cc1cccnc1. The van der Waals surface area contributed by atoms with Crippen molar-refractivity contribution < 1.29 is 0 Å². The van der Waals surface area contributed by atoms with Gasteiger partial charge in [-0.15, -0.1) is 0 Å². The molecule has 0 saturated heterocycles. The first kappa shape index (κ1) is 8.60. The van der Waals surface area contributed by atoms with E-state index in [1.165, 1.54) is 5.56 Å². The van der Waals surface area contributed by atoms with Crippen molar-refractivity contribution in [3.63, 3.8) is 0 Å². The minimum absolute atomic E-state index is 0.0586. The summed E-state index contributed by atoms with van der Waals surface area (Å²) in [4.78, 5) is 4.03. The van der Waals surface area contributed by atoms with Crippen molar-refractivity contribution in [3.05, 3.63) is 30.1 Å². The Morgan fingerprint density at radius 3 is 2.73 bits per heavy atom. The van der Waals surface area contributed by atoms with Crippen molar-refractivity contribution in [2.24, 2.45) is 0 Å². The molecule has 2 heteroatoms. The first-order valence-corrected chi connectivity index (χ1v) is 4.14. The summed E-state index contributed by atoms with van der Waals surface area (Å²) in [5.41, 5.74) is 1.24.